The van der Waals surface area contributed by atoms with Crippen LogP contribution in [0.2, 0.25) is 0 Å². The normalized spacial score (nSPS) is 11.9. The van der Waals surface area contributed by atoms with Crippen LogP contribution >= 0.6 is 35.9 Å². The Morgan fingerprint density at radius 1 is 1.12 bits per heavy atom. The molecule has 0 aliphatic heterocycles. The van der Waals surface area contributed by atoms with Crippen LogP contribution in [0.1, 0.15) is 16.8 Å². The number of benzene rings is 1. The molecule has 34 heavy (non-hydrogen) atoms. The molecular weight excluding hydrogens is 511 g/mol. The summed E-state index contributed by atoms with van der Waals surface area (Å²) in [6.45, 7) is 3.22. The highest BCUT2D eigenvalue weighted by molar-refractivity contribution is 7.99. The number of aryl methyl sites for hydroxylation is 1. The fourth-order valence-electron chi connectivity index (χ4n) is 2.93. The van der Waals surface area contributed by atoms with E-state index >= 15 is 0 Å². The van der Waals surface area contributed by atoms with Crippen LogP contribution in [0.5, 0.6) is 0 Å². The third kappa shape index (κ3) is 6.17. The van der Waals surface area contributed by atoms with Gasteiger partial charge in [0.25, 0.3) is 5.78 Å². The number of fused-ring (bicyclic) bond motifs is 1. The molecule has 3 heterocycles. The Morgan fingerprint density at radius 2 is 1.88 bits per heavy atom. The summed E-state index contributed by atoms with van der Waals surface area (Å²) in [6.07, 6.45) is -4.41. The molecule has 0 amide bonds. The maximum Gasteiger partial charge on any atom is 0.416 e. The van der Waals surface area contributed by atoms with Gasteiger partial charge in [0.15, 0.2) is 0 Å². The van der Waals surface area contributed by atoms with E-state index in [1.54, 1.807) is 15.3 Å². The fourth-order valence-corrected chi connectivity index (χ4v) is 4.69. The molecule has 4 rings (SSSR count). The Balaban J connectivity index is 0.00000324. The van der Waals surface area contributed by atoms with Crippen LogP contribution in [0.15, 0.2) is 45.7 Å². The predicted molar refractivity (Wildman–Crippen MR) is 124 cm³/mol. The Labute approximate surface area is 207 Å². The molecule has 0 saturated carbocycles. The summed E-state index contributed by atoms with van der Waals surface area (Å²) >= 11 is 2.44. The van der Waals surface area contributed by atoms with Crippen LogP contribution < -0.4 is 0 Å². The van der Waals surface area contributed by atoms with Crippen molar-refractivity contribution in [2.75, 3.05) is 20.6 Å². The van der Waals surface area contributed by atoms with Crippen LogP contribution in [0.3, 0.4) is 0 Å². The van der Waals surface area contributed by atoms with Gasteiger partial charge in [0, 0.05) is 18.0 Å². The number of likely N-dealkylation sites (N-methyl/N-ethyl adjacent to an activating group) is 1. The highest BCUT2D eigenvalue weighted by Gasteiger charge is 2.32. The second kappa shape index (κ2) is 10.9. The highest BCUT2D eigenvalue weighted by Crippen LogP contribution is 2.34. The van der Waals surface area contributed by atoms with Gasteiger partial charge in [-0.25, -0.2) is 9.67 Å². The molecule has 0 N–H and O–H groups in total. The standard InChI is InChI=1S/C19H20F3N9S2.ClH/c1-12-10-15(33-18-25-27-28-30(18)9-8-29(2)3)31-16(23-12)24-17(26-31)32-11-13-6-4-5-7-14(13)19(20,21)22;/h4-7,10H,8-9,11H2,1-3H3;1H. The number of aromatic nitrogens is 8. The first-order valence-corrected chi connectivity index (χ1v) is 11.6. The van der Waals surface area contributed by atoms with Crippen LogP contribution in [0.4, 0.5) is 13.2 Å². The van der Waals surface area contributed by atoms with E-state index in [0.717, 1.165) is 30.1 Å². The van der Waals surface area contributed by atoms with Gasteiger partial charge >= 0.3 is 6.18 Å². The highest BCUT2D eigenvalue weighted by atomic mass is 35.5. The molecule has 9 nitrogen and oxygen atoms in total. The second-order valence-corrected chi connectivity index (χ2v) is 9.31. The minimum atomic E-state index is -4.41. The number of hydrogen-bond acceptors (Lipinski definition) is 9. The van der Waals surface area contributed by atoms with Gasteiger partial charge < -0.3 is 4.90 Å². The van der Waals surface area contributed by atoms with Crippen molar-refractivity contribution >= 4 is 41.7 Å². The lowest BCUT2D eigenvalue weighted by Crippen LogP contribution is -2.19. The molecule has 0 saturated heterocycles. The number of halogens is 4. The molecular formula is C19H21ClF3N9S2. The summed E-state index contributed by atoms with van der Waals surface area (Å²) in [5, 5.41) is 18.0. The average molecular weight is 532 g/mol. The molecule has 0 aliphatic carbocycles. The first-order chi connectivity index (χ1) is 15.7. The molecule has 3 aromatic heterocycles. The predicted octanol–water partition coefficient (Wildman–Crippen LogP) is 3.86. The second-order valence-electron chi connectivity index (χ2n) is 7.38. The van der Waals surface area contributed by atoms with Crippen molar-refractivity contribution in [1.29, 1.82) is 0 Å². The van der Waals surface area contributed by atoms with Gasteiger partial charge in [-0.15, -0.1) is 22.6 Å². The lowest BCUT2D eigenvalue weighted by molar-refractivity contribution is -0.138. The molecule has 182 valence electrons. The van der Waals surface area contributed by atoms with E-state index in [-0.39, 0.29) is 23.7 Å². The summed E-state index contributed by atoms with van der Waals surface area (Å²) in [4.78, 5) is 10.8. The Hall–Kier alpha value is -2.42. The maximum absolute atomic E-state index is 13.3. The lowest BCUT2D eigenvalue weighted by Gasteiger charge is -2.11. The first-order valence-electron chi connectivity index (χ1n) is 9.82. The van der Waals surface area contributed by atoms with Gasteiger partial charge in [0.1, 0.15) is 5.03 Å². The molecule has 0 bridgehead atoms. The number of alkyl halides is 3. The lowest BCUT2D eigenvalue weighted by atomic mass is 10.1. The van der Waals surface area contributed by atoms with E-state index in [4.69, 9.17) is 0 Å². The smallest absolute Gasteiger partial charge is 0.308 e. The molecule has 15 heteroatoms. The van der Waals surface area contributed by atoms with Gasteiger partial charge in [0.05, 0.1) is 12.1 Å². The van der Waals surface area contributed by atoms with E-state index in [2.05, 4.69) is 30.6 Å². The van der Waals surface area contributed by atoms with Gasteiger partial charge in [-0.2, -0.15) is 22.7 Å². The van der Waals surface area contributed by atoms with Crippen LogP contribution in [0.25, 0.3) is 5.78 Å². The van der Waals surface area contributed by atoms with E-state index in [9.17, 15) is 13.2 Å². The third-order valence-corrected chi connectivity index (χ3v) is 6.38. The summed E-state index contributed by atoms with van der Waals surface area (Å²) in [5.41, 5.74) is 0.243. The number of rotatable bonds is 8. The topological polar surface area (TPSA) is 89.9 Å². The minimum absolute atomic E-state index is 0. The van der Waals surface area contributed by atoms with Gasteiger partial charge in [0.2, 0.25) is 10.3 Å². The summed E-state index contributed by atoms with van der Waals surface area (Å²) in [5.74, 6) is 0.438. The Kier molecular flexibility index (Phi) is 8.38. The summed E-state index contributed by atoms with van der Waals surface area (Å²) in [6, 6.07) is 7.34. The molecule has 0 radical (unpaired) electrons. The van der Waals surface area contributed by atoms with E-state index in [1.807, 2.05) is 32.0 Å². The molecule has 0 unspecified atom stereocenters. The van der Waals surface area contributed by atoms with Crippen molar-refractivity contribution in [3.05, 3.63) is 47.2 Å². The zero-order valence-electron chi connectivity index (χ0n) is 18.4. The fraction of sp³-hybridized carbons (Fsp3) is 0.368. The summed E-state index contributed by atoms with van der Waals surface area (Å²) < 4.78 is 43.1. The summed E-state index contributed by atoms with van der Waals surface area (Å²) in [7, 11) is 3.93. The molecule has 1 aromatic carbocycles. The van der Waals surface area contributed by atoms with Crippen molar-refractivity contribution in [3.8, 4) is 0 Å². The third-order valence-electron chi connectivity index (χ3n) is 4.52. The molecule has 0 atom stereocenters. The number of hydrogen-bond donors (Lipinski definition) is 0. The van der Waals surface area contributed by atoms with Gasteiger partial charge in [-0.05, 0) is 60.9 Å². The zero-order chi connectivity index (χ0) is 23.6. The number of nitrogens with zero attached hydrogens (tertiary/aromatic N) is 9. The molecule has 4 aromatic rings. The van der Waals surface area contributed by atoms with Crippen molar-refractivity contribution < 1.29 is 13.2 Å². The van der Waals surface area contributed by atoms with Crippen molar-refractivity contribution in [2.45, 2.75) is 40.7 Å². The van der Waals surface area contributed by atoms with Crippen LogP contribution in [-0.4, -0.2) is 65.3 Å². The van der Waals surface area contributed by atoms with E-state index < -0.39 is 11.7 Å². The van der Waals surface area contributed by atoms with Crippen molar-refractivity contribution in [3.63, 3.8) is 0 Å². The quantitative estimate of drug-likeness (QED) is 0.248. The number of tetrazole rings is 1. The van der Waals surface area contributed by atoms with Gasteiger partial charge in [-0.1, -0.05) is 30.0 Å². The first kappa shape index (κ1) is 26.2. The van der Waals surface area contributed by atoms with Gasteiger partial charge in [-0.3, -0.25) is 0 Å². The Morgan fingerprint density at radius 3 is 2.62 bits per heavy atom. The van der Waals surface area contributed by atoms with Crippen LogP contribution in [-0.2, 0) is 18.5 Å². The SMILES string of the molecule is Cc1cc(Sc2nnnn2CCN(C)C)n2nc(SCc3ccccc3C(F)(F)F)nc2n1.Cl. The minimum Gasteiger partial charge on any atom is -0.308 e. The maximum atomic E-state index is 13.3. The van der Waals surface area contributed by atoms with Crippen molar-refractivity contribution in [1.82, 2.24) is 44.7 Å². The molecule has 0 fully saturated rings. The monoisotopic (exact) mass is 531 g/mol. The molecule has 0 spiro atoms. The average Bonchev–Trinajstić information content (AvgIpc) is 3.36. The van der Waals surface area contributed by atoms with E-state index in [1.165, 1.54) is 23.9 Å². The molecule has 0 aliphatic rings. The zero-order valence-corrected chi connectivity index (χ0v) is 20.8. The Bertz CT molecular complexity index is 1260. The van der Waals surface area contributed by atoms with Crippen molar-refractivity contribution in [2.24, 2.45) is 0 Å². The van der Waals surface area contributed by atoms with E-state index in [0.29, 0.717) is 27.7 Å². The van der Waals surface area contributed by atoms with Crippen LogP contribution in [0, 0.1) is 6.92 Å². The number of thioether (sulfide) groups is 1. The largest absolute Gasteiger partial charge is 0.416 e.